The fourth-order valence-corrected chi connectivity index (χ4v) is 3.32. The molecule has 112 valence electrons. The Kier molecular flexibility index (Phi) is 4.44. The fraction of sp³-hybridized carbons (Fsp3) is 0.500. The number of aryl methyl sites for hydroxylation is 1. The first-order chi connectivity index (χ1) is 10.2. The number of benzene rings is 1. The van der Waals surface area contributed by atoms with Crippen molar-refractivity contribution in [3.8, 4) is 0 Å². The number of halogens is 1. The summed E-state index contributed by atoms with van der Waals surface area (Å²) in [6.45, 7) is 2.72. The lowest BCUT2D eigenvalue weighted by Gasteiger charge is -2.25. The molecular weight excluding hydrogens is 284 g/mol. The molecule has 0 atom stereocenters. The second kappa shape index (κ2) is 6.48. The second-order valence-electron chi connectivity index (χ2n) is 5.69. The van der Waals surface area contributed by atoms with E-state index in [-0.39, 0.29) is 0 Å². The monoisotopic (exact) mass is 304 g/mol. The normalized spacial score (nSPS) is 16.1. The van der Waals surface area contributed by atoms with Crippen LogP contribution in [0.1, 0.15) is 49.8 Å². The summed E-state index contributed by atoms with van der Waals surface area (Å²) in [5.41, 5.74) is 1.01. The zero-order valence-electron chi connectivity index (χ0n) is 12.3. The van der Waals surface area contributed by atoms with E-state index in [1.165, 1.54) is 32.1 Å². The maximum Gasteiger partial charge on any atom is 0.152 e. The lowest BCUT2D eigenvalue weighted by molar-refractivity contribution is 0.341. The average Bonchev–Trinajstić information content (AvgIpc) is 2.87. The summed E-state index contributed by atoms with van der Waals surface area (Å²) < 4.78 is 2.32. The Balaban J connectivity index is 1.73. The molecule has 0 amide bonds. The van der Waals surface area contributed by atoms with Crippen molar-refractivity contribution in [2.24, 2.45) is 0 Å². The predicted molar refractivity (Wildman–Crippen MR) is 85.7 cm³/mol. The van der Waals surface area contributed by atoms with Gasteiger partial charge < -0.3 is 9.88 Å². The van der Waals surface area contributed by atoms with Gasteiger partial charge in [-0.1, -0.05) is 36.9 Å². The van der Waals surface area contributed by atoms with Gasteiger partial charge in [-0.3, -0.25) is 0 Å². The van der Waals surface area contributed by atoms with Crippen LogP contribution in [0.25, 0.3) is 0 Å². The Hall–Kier alpha value is -1.55. The minimum absolute atomic E-state index is 0.560. The molecule has 0 aliphatic heterocycles. The van der Waals surface area contributed by atoms with Crippen LogP contribution in [0, 0.1) is 6.92 Å². The van der Waals surface area contributed by atoms with Crippen LogP contribution < -0.4 is 5.32 Å². The number of hydrogen-bond acceptors (Lipinski definition) is 3. The van der Waals surface area contributed by atoms with Crippen molar-refractivity contribution < 1.29 is 0 Å². The number of rotatable bonds is 4. The lowest BCUT2D eigenvalue weighted by Crippen LogP contribution is -2.18. The first kappa shape index (κ1) is 14.4. The molecule has 21 heavy (non-hydrogen) atoms. The van der Waals surface area contributed by atoms with E-state index in [4.69, 9.17) is 11.6 Å². The molecule has 1 aliphatic rings. The molecule has 1 fully saturated rings. The molecule has 1 N–H and O–H groups in total. The van der Waals surface area contributed by atoms with Crippen molar-refractivity contribution in [3.63, 3.8) is 0 Å². The van der Waals surface area contributed by atoms with Crippen molar-refractivity contribution in [1.82, 2.24) is 14.8 Å². The fourth-order valence-electron chi connectivity index (χ4n) is 3.13. The van der Waals surface area contributed by atoms with Crippen molar-refractivity contribution in [2.75, 3.05) is 5.32 Å². The summed E-state index contributed by atoms with van der Waals surface area (Å²) >= 11 is 6.01. The first-order valence-corrected chi connectivity index (χ1v) is 8.01. The minimum atomic E-state index is 0.560. The number of hydrogen-bond donors (Lipinski definition) is 1. The van der Waals surface area contributed by atoms with Crippen molar-refractivity contribution in [2.45, 2.75) is 51.6 Å². The van der Waals surface area contributed by atoms with Gasteiger partial charge in [0.05, 0.1) is 6.54 Å². The molecule has 1 saturated carbocycles. The molecule has 3 rings (SSSR count). The van der Waals surface area contributed by atoms with Gasteiger partial charge in [0.1, 0.15) is 5.82 Å². The summed E-state index contributed by atoms with van der Waals surface area (Å²) in [5.74, 6) is 2.03. The third-order valence-electron chi connectivity index (χ3n) is 4.15. The van der Waals surface area contributed by atoms with E-state index in [1.807, 2.05) is 31.2 Å². The minimum Gasteiger partial charge on any atom is -0.378 e. The zero-order chi connectivity index (χ0) is 14.7. The highest BCUT2D eigenvalue weighted by molar-refractivity contribution is 6.30. The quantitative estimate of drug-likeness (QED) is 0.912. The zero-order valence-corrected chi connectivity index (χ0v) is 13.1. The van der Waals surface area contributed by atoms with Crippen LogP contribution in [0.2, 0.25) is 5.02 Å². The summed E-state index contributed by atoms with van der Waals surface area (Å²) in [6.07, 6.45) is 6.45. The van der Waals surface area contributed by atoms with Gasteiger partial charge in [0.2, 0.25) is 0 Å². The molecule has 5 heteroatoms. The van der Waals surface area contributed by atoms with Gasteiger partial charge in [-0.15, -0.1) is 10.2 Å². The number of nitrogens with one attached hydrogen (secondary N) is 1. The van der Waals surface area contributed by atoms with Crippen molar-refractivity contribution in [1.29, 1.82) is 0 Å². The SMILES string of the molecule is Cc1nnc(CNc2cccc(Cl)c2)n1C1CCCCC1. The van der Waals surface area contributed by atoms with E-state index in [9.17, 15) is 0 Å². The van der Waals surface area contributed by atoms with Crippen LogP contribution in [0.15, 0.2) is 24.3 Å². The molecule has 0 spiro atoms. The summed E-state index contributed by atoms with van der Waals surface area (Å²) in [5, 5.41) is 12.7. The summed E-state index contributed by atoms with van der Waals surface area (Å²) in [7, 11) is 0. The topological polar surface area (TPSA) is 42.7 Å². The molecule has 0 unspecified atom stereocenters. The third-order valence-corrected chi connectivity index (χ3v) is 4.39. The standard InChI is InChI=1S/C16H21ClN4/c1-12-19-20-16(21(12)15-8-3-2-4-9-15)11-18-14-7-5-6-13(17)10-14/h5-7,10,15,18H,2-4,8-9,11H2,1H3. The van der Waals surface area contributed by atoms with E-state index in [2.05, 4.69) is 20.1 Å². The highest BCUT2D eigenvalue weighted by atomic mass is 35.5. The van der Waals surface area contributed by atoms with E-state index in [0.717, 1.165) is 22.4 Å². The van der Waals surface area contributed by atoms with E-state index in [1.54, 1.807) is 0 Å². The van der Waals surface area contributed by atoms with E-state index >= 15 is 0 Å². The molecule has 0 saturated heterocycles. The Bertz CT molecular complexity index is 602. The summed E-state index contributed by atoms with van der Waals surface area (Å²) in [4.78, 5) is 0. The molecular formula is C16H21ClN4. The Morgan fingerprint density at radius 2 is 2.05 bits per heavy atom. The maximum absolute atomic E-state index is 6.01. The molecule has 0 radical (unpaired) electrons. The second-order valence-corrected chi connectivity index (χ2v) is 6.13. The Morgan fingerprint density at radius 1 is 1.24 bits per heavy atom. The smallest absolute Gasteiger partial charge is 0.152 e. The Labute approximate surface area is 130 Å². The molecule has 2 aromatic rings. The highest BCUT2D eigenvalue weighted by Gasteiger charge is 2.20. The van der Waals surface area contributed by atoms with Crippen LogP contribution in [-0.4, -0.2) is 14.8 Å². The molecule has 1 heterocycles. The highest BCUT2D eigenvalue weighted by Crippen LogP contribution is 2.30. The van der Waals surface area contributed by atoms with E-state index < -0.39 is 0 Å². The molecule has 1 aliphatic carbocycles. The van der Waals surface area contributed by atoms with Crippen LogP contribution in [0.3, 0.4) is 0 Å². The van der Waals surface area contributed by atoms with Crippen LogP contribution >= 0.6 is 11.6 Å². The molecule has 1 aromatic carbocycles. The van der Waals surface area contributed by atoms with Gasteiger partial charge in [-0.05, 0) is 38.0 Å². The number of aromatic nitrogens is 3. The molecule has 1 aromatic heterocycles. The predicted octanol–water partition coefficient (Wildman–Crippen LogP) is 4.36. The van der Waals surface area contributed by atoms with Gasteiger partial charge in [-0.25, -0.2) is 0 Å². The lowest BCUT2D eigenvalue weighted by atomic mass is 9.95. The third kappa shape index (κ3) is 3.38. The molecule has 4 nitrogen and oxygen atoms in total. The van der Waals surface area contributed by atoms with Crippen LogP contribution in [-0.2, 0) is 6.54 Å². The van der Waals surface area contributed by atoms with Crippen LogP contribution in [0.5, 0.6) is 0 Å². The van der Waals surface area contributed by atoms with Gasteiger partial charge in [-0.2, -0.15) is 0 Å². The number of anilines is 1. The van der Waals surface area contributed by atoms with Gasteiger partial charge >= 0.3 is 0 Å². The van der Waals surface area contributed by atoms with Crippen LogP contribution in [0.4, 0.5) is 5.69 Å². The number of nitrogens with zero attached hydrogens (tertiary/aromatic N) is 3. The largest absolute Gasteiger partial charge is 0.378 e. The maximum atomic E-state index is 6.01. The average molecular weight is 305 g/mol. The van der Waals surface area contributed by atoms with Gasteiger partial charge in [0.15, 0.2) is 5.82 Å². The van der Waals surface area contributed by atoms with Gasteiger partial charge in [0, 0.05) is 16.8 Å². The van der Waals surface area contributed by atoms with E-state index in [0.29, 0.717) is 12.6 Å². The van der Waals surface area contributed by atoms with Gasteiger partial charge in [0.25, 0.3) is 0 Å². The van der Waals surface area contributed by atoms with Crippen molar-refractivity contribution in [3.05, 3.63) is 40.9 Å². The molecule has 0 bridgehead atoms. The van der Waals surface area contributed by atoms with Crippen molar-refractivity contribution >= 4 is 17.3 Å². The first-order valence-electron chi connectivity index (χ1n) is 7.64. The summed E-state index contributed by atoms with van der Waals surface area (Å²) in [6, 6.07) is 8.32. The Morgan fingerprint density at radius 3 is 2.81 bits per heavy atom.